The van der Waals surface area contributed by atoms with Crippen LogP contribution in [0.5, 0.6) is 0 Å². The summed E-state index contributed by atoms with van der Waals surface area (Å²) in [5.74, 6) is 0.673. The second kappa shape index (κ2) is 6.31. The Kier molecular flexibility index (Phi) is 6.20. The number of nitrogens with zero attached hydrogens (tertiary/aromatic N) is 1. The third-order valence-electron chi connectivity index (χ3n) is 1.43. The molecule has 0 rings (SSSR count). The van der Waals surface area contributed by atoms with Crippen molar-refractivity contribution < 1.29 is 4.79 Å². The smallest absolute Gasteiger partial charge is 0.234 e. The van der Waals surface area contributed by atoms with Crippen molar-refractivity contribution in [1.82, 2.24) is 9.62 Å². The molecule has 1 amide bonds. The Morgan fingerprint density at radius 2 is 2.17 bits per heavy atom. The highest BCUT2D eigenvalue weighted by atomic mass is 32.2. The quantitative estimate of drug-likeness (QED) is 0.656. The van der Waals surface area contributed by atoms with E-state index in [1.807, 2.05) is 6.26 Å². The summed E-state index contributed by atoms with van der Waals surface area (Å²) < 4.78 is 2.06. The molecular formula is C8H18N2OS. The molecule has 1 N–H and O–H groups in total. The van der Waals surface area contributed by atoms with Crippen molar-refractivity contribution in [3.05, 3.63) is 0 Å². The molecule has 0 aromatic rings. The number of carbonyl (C=O) groups excluding carboxylic acids is 1. The highest BCUT2D eigenvalue weighted by molar-refractivity contribution is 7.96. The number of amides is 1. The summed E-state index contributed by atoms with van der Waals surface area (Å²) in [7, 11) is 1.66. The van der Waals surface area contributed by atoms with Crippen molar-refractivity contribution >= 4 is 17.9 Å². The van der Waals surface area contributed by atoms with Crippen molar-refractivity contribution in [1.29, 1.82) is 0 Å². The molecule has 0 bridgehead atoms. The van der Waals surface area contributed by atoms with Gasteiger partial charge in [0.15, 0.2) is 0 Å². The highest BCUT2D eigenvalue weighted by Gasteiger charge is 2.09. The Balaban J connectivity index is 3.74. The number of rotatable bonds is 5. The van der Waals surface area contributed by atoms with E-state index in [2.05, 4.69) is 23.5 Å². The van der Waals surface area contributed by atoms with Crippen LogP contribution in [0.25, 0.3) is 0 Å². The monoisotopic (exact) mass is 190 g/mol. The zero-order valence-corrected chi connectivity index (χ0v) is 9.07. The third-order valence-corrected chi connectivity index (χ3v) is 2.22. The molecule has 0 heterocycles. The van der Waals surface area contributed by atoms with Gasteiger partial charge in [-0.2, -0.15) is 0 Å². The maximum absolute atomic E-state index is 11.0. The van der Waals surface area contributed by atoms with Gasteiger partial charge in [-0.3, -0.25) is 4.79 Å². The van der Waals surface area contributed by atoms with E-state index < -0.39 is 0 Å². The standard InChI is InChI=1S/C8H18N2OS/c1-7(2)5-10(12-4)6-8(11)9-3/h7H,5-6H2,1-4H3,(H,9,11). The largest absolute Gasteiger partial charge is 0.358 e. The van der Waals surface area contributed by atoms with Gasteiger partial charge >= 0.3 is 0 Å². The molecular weight excluding hydrogens is 172 g/mol. The Hall–Kier alpha value is -0.220. The summed E-state index contributed by atoms with van der Waals surface area (Å²) in [6.07, 6.45) is 1.99. The van der Waals surface area contributed by atoms with Gasteiger partial charge in [0.2, 0.25) is 5.91 Å². The van der Waals surface area contributed by atoms with E-state index in [1.165, 1.54) is 0 Å². The lowest BCUT2D eigenvalue weighted by Gasteiger charge is -2.19. The molecule has 0 aromatic carbocycles. The van der Waals surface area contributed by atoms with Gasteiger partial charge in [-0.25, -0.2) is 4.31 Å². The zero-order valence-electron chi connectivity index (χ0n) is 8.26. The summed E-state index contributed by atoms with van der Waals surface area (Å²) in [6, 6.07) is 0. The van der Waals surface area contributed by atoms with E-state index >= 15 is 0 Å². The fourth-order valence-electron chi connectivity index (χ4n) is 0.850. The van der Waals surface area contributed by atoms with E-state index in [0.717, 1.165) is 6.54 Å². The first-order valence-electron chi connectivity index (χ1n) is 4.09. The lowest BCUT2D eigenvalue weighted by atomic mass is 10.2. The van der Waals surface area contributed by atoms with Gasteiger partial charge in [-0.15, -0.1) is 0 Å². The van der Waals surface area contributed by atoms with E-state index in [0.29, 0.717) is 12.5 Å². The van der Waals surface area contributed by atoms with E-state index in [9.17, 15) is 4.79 Å². The van der Waals surface area contributed by atoms with Crippen LogP contribution in [0, 0.1) is 5.92 Å². The molecule has 0 aliphatic heterocycles. The van der Waals surface area contributed by atoms with E-state index in [1.54, 1.807) is 19.0 Å². The van der Waals surface area contributed by atoms with Gasteiger partial charge in [0.05, 0.1) is 6.54 Å². The Morgan fingerprint density at radius 1 is 1.58 bits per heavy atom. The van der Waals surface area contributed by atoms with Crippen LogP contribution in [-0.2, 0) is 4.79 Å². The van der Waals surface area contributed by atoms with Crippen molar-refractivity contribution in [2.45, 2.75) is 13.8 Å². The number of carbonyl (C=O) groups is 1. The SMILES string of the molecule is CNC(=O)CN(CC(C)C)SC. The van der Waals surface area contributed by atoms with Crippen LogP contribution < -0.4 is 5.32 Å². The minimum Gasteiger partial charge on any atom is -0.358 e. The van der Waals surface area contributed by atoms with Gasteiger partial charge in [0, 0.05) is 13.6 Å². The van der Waals surface area contributed by atoms with Crippen LogP contribution in [0.3, 0.4) is 0 Å². The number of likely N-dealkylation sites (N-methyl/N-ethyl adjacent to an activating group) is 1. The Bertz CT molecular complexity index is 139. The fraction of sp³-hybridized carbons (Fsp3) is 0.875. The maximum atomic E-state index is 11.0. The Morgan fingerprint density at radius 3 is 2.50 bits per heavy atom. The molecule has 12 heavy (non-hydrogen) atoms. The zero-order chi connectivity index (χ0) is 9.56. The summed E-state index contributed by atoms with van der Waals surface area (Å²) >= 11 is 1.61. The minimum absolute atomic E-state index is 0.0741. The average Bonchev–Trinajstić information content (AvgIpc) is 2.02. The normalized spacial score (nSPS) is 10.8. The molecule has 0 saturated carbocycles. The number of hydrogen-bond acceptors (Lipinski definition) is 3. The molecule has 72 valence electrons. The van der Waals surface area contributed by atoms with Gasteiger partial charge < -0.3 is 5.32 Å². The summed E-state index contributed by atoms with van der Waals surface area (Å²) in [5, 5.41) is 2.61. The van der Waals surface area contributed by atoms with E-state index in [-0.39, 0.29) is 5.91 Å². The minimum atomic E-state index is 0.0741. The predicted octanol–water partition coefficient (Wildman–Crippen LogP) is 0.968. The van der Waals surface area contributed by atoms with Crippen molar-refractivity contribution in [3.8, 4) is 0 Å². The summed E-state index contributed by atoms with van der Waals surface area (Å²) in [4.78, 5) is 11.0. The maximum Gasteiger partial charge on any atom is 0.234 e. The molecule has 0 aromatic heterocycles. The second-order valence-corrected chi connectivity index (χ2v) is 3.95. The summed E-state index contributed by atoms with van der Waals surface area (Å²) in [6.45, 7) is 5.73. The molecule has 0 saturated heterocycles. The lowest BCUT2D eigenvalue weighted by Crippen LogP contribution is -2.33. The van der Waals surface area contributed by atoms with Crippen LogP contribution in [0.4, 0.5) is 0 Å². The molecule has 4 heteroatoms. The van der Waals surface area contributed by atoms with E-state index in [4.69, 9.17) is 0 Å². The van der Waals surface area contributed by atoms with Crippen molar-refractivity contribution in [2.75, 3.05) is 26.4 Å². The molecule has 0 unspecified atom stereocenters. The fourth-order valence-corrected chi connectivity index (χ4v) is 1.54. The molecule has 0 spiro atoms. The predicted molar refractivity (Wildman–Crippen MR) is 54.0 cm³/mol. The van der Waals surface area contributed by atoms with Gasteiger partial charge in [0.25, 0.3) is 0 Å². The van der Waals surface area contributed by atoms with Crippen molar-refractivity contribution in [3.63, 3.8) is 0 Å². The first-order valence-corrected chi connectivity index (χ1v) is 5.28. The van der Waals surface area contributed by atoms with Crippen LogP contribution in [0.1, 0.15) is 13.8 Å². The van der Waals surface area contributed by atoms with Crippen LogP contribution >= 0.6 is 11.9 Å². The average molecular weight is 190 g/mol. The Labute approximate surface area is 79.0 Å². The molecule has 0 aliphatic rings. The topological polar surface area (TPSA) is 32.3 Å². The number of nitrogens with one attached hydrogen (secondary N) is 1. The van der Waals surface area contributed by atoms with Gasteiger partial charge in [0.1, 0.15) is 0 Å². The molecule has 0 atom stereocenters. The summed E-state index contributed by atoms with van der Waals surface area (Å²) in [5.41, 5.74) is 0. The second-order valence-electron chi connectivity index (χ2n) is 3.07. The highest BCUT2D eigenvalue weighted by Crippen LogP contribution is 2.07. The lowest BCUT2D eigenvalue weighted by molar-refractivity contribution is -0.120. The third kappa shape index (κ3) is 5.43. The first-order chi connectivity index (χ1) is 5.60. The number of hydrogen-bond donors (Lipinski definition) is 1. The first kappa shape index (κ1) is 11.8. The van der Waals surface area contributed by atoms with Crippen LogP contribution in [-0.4, -0.2) is 36.6 Å². The van der Waals surface area contributed by atoms with Gasteiger partial charge in [-0.1, -0.05) is 25.8 Å². The van der Waals surface area contributed by atoms with Crippen LogP contribution in [0.15, 0.2) is 0 Å². The molecule has 0 radical (unpaired) electrons. The van der Waals surface area contributed by atoms with Gasteiger partial charge in [-0.05, 0) is 12.2 Å². The molecule has 0 aliphatic carbocycles. The van der Waals surface area contributed by atoms with Crippen molar-refractivity contribution in [2.24, 2.45) is 5.92 Å². The molecule has 3 nitrogen and oxygen atoms in total. The molecule has 0 fully saturated rings. The van der Waals surface area contributed by atoms with Crippen LogP contribution in [0.2, 0.25) is 0 Å².